The van der Waals surface area contributed by atoms with Gasteiger partial charge in [-0.15, -0.1) is 0 Å². The molecule has 1 atom stereocenters. The second kappa shape index (κ2) is 7.06. The Hall–Kier alpha value is -1.67. The van der Waals surface area contributed by atoms with Crippen LogP contribution in [0.2, 0.25) is 0 Å². The predicted molar refractivity (Wildman–Crippen MR) is 98.2 cm³/mol. The summed E-state index contributed by atoms with van der Waals surface area (Å²) in [5.41, 5.74) is 5.11. The fourth-order valence-electron chi connectivity index (χ4n) is 3.49. The number of hydrogen-bond donors (Lipinski definition) is 0. The molecule has 1 aliphatic rings. The fourth-order valence-corrected chi connectivity index (χ4v) is 5.75. The van der Waals surface area contributed by atoms with Crippen LogP contribution in [0.1, 0.15) is 43.1 Å². The van der Waals surface area contributed by atoms with Gasteiger partial charge in [-0.25, -0.2) is 0 Å². The van der Waals surface area contributed by atoms with Gasteiger partial charge in [-0.3, -0.25) is 4.57 Å². The molecule has 2 aromatic carbocycles. The molecule has 0 amide bonds. The Kier molecular flexibility index (Phi) is 5.05. The summed E-state index contributed by atoms with van der Waals surface area (Å²) >= 11 is 0. The van der Waals surface area contributed by atoms with E-state index in [9.17, 15) is 4.57 Å². The lowest BCUT2D eigenvalue weighted by Crippen LogP contribution is -2.06. The van der Waals surface area contributed by atoms with E-state index < -0.39 is 7.60 Å². The summed E-state index contributed by atoms with van der Waals surface area (Å²) in [6.45, 7) is 6.47. The predicted octanol–water partition coefficient (Wildman–Crippen LogP) is 5.83. The van der Waals surface area contributed by atoms with Crippen LogP contribution in [0.4, 0.5) is 0 Å². The van der Waals surface area contributed by atoms with Crippen LogP contribution in [0.3, 0.4) is 0 Å². The highest BCUT2D eigenvalue weighted by atomic mass is 31.2. The molecule has 1 unspecified atom stereocenters. The summed E-state index contributed by atoms with van der Waals surface area (Å²) in [5, 5.41) is 0. The summed E-state index contributed by atoms with van der Waals surface area (Å²) in [5.74, 6) is 0. The molecule has 2 aromatic rings. The number of allylic oxidation sites excluding steroid dienone is 1. The molecule has 0 spiro atoms. The van der Waals surface area contributed by atoms with Crippen LogP contribution in [0.5, 0.6) is 0 Å². The monoisotopic (exact) mass is 342 g/mol. The van der Waals surface area contributed by atoms with Gasteiger partial charge in [-0.2, -0.15) is 0 Å². The third-order valence-electron chi connectivity index (χ3n) is 4.33. The van der Waals surface area contributed by atoms with E-state index in [1.807, 2.05) is 57.2 Å². The summed E-state index contributed by atoms with van der Waals surface area (Å²) in [6, 6.07) is 18.3. The highest BCUT2D eigenvalue weighted by molar-refractivity contribution is 7.54. The zero-order valence-corrected chi connectivity index (χ0v) is 15.3. The molecule has 0 aliphatic heterocycles. The van der Waals surface area contributed by atoms with Crippen molar-refractivity contribution in [1.29, 1.82) is 0 Å². The topological polar surface area (TPSA) is 35.5 Å². The van der Waals surface area contributed by atoms with Gasteiger partial charge in [0.25, 0.3) is 0 Å². The molecule has 0 saturated heterocycles. The van der Waals surface area contributed by atoms with Crippen molar-refractivity contribution in [2.24, 2.45) is 0 Å². The molecule has 0 bridgehead atoms. The van der Waals surface area contributed by atoms with Crippen LogP contribution in [-0.2, 0) is 13.6 Å². The normalized spacial score (nSPS) is 17.2. The van der Waals surface area contributed by atoms with Crippen molar-refractivity contribution in [3.05, 3.63) is 76.9 Å². The maximum absolute atomic E-state index is 13.5. The molecular weight excluding hydrogens is 319 g/mol. The largest absolute Gasteiger partial charge is 0.342 e. The smallest absolute Gasteiger partial charge is 0.308 e. The molecular formula is C20H23O3P. The van der Waals surface area contributed by atoms with E-state index in [0.29, 0.717) is 13.2 Å². The van der Waals surface area contributed by atoms with Gasteiger partial charge >= 0.3 is 7.60 Å². The van der Waals surface area contributed by atoms with E-state index in [1.54, 1.807) is 0 Å². The fraction of sp³-hybridized carbons (Fsp3) is 0.300. The van der Waals surface area contributed by atoms with Gasteiger partial charge in [-0.1, -0.05) is 54.6 Å². The van der Waals surface area contributed by atoms with Crippen LogP contribution in [0, 0.1) is 0 Å². The minimum Gasteiger partial charge on any atom is -0.308 e. The van der Waals surface area contributed by atoms with Gasteiger partial charge in [-0.05, 0) is 48.6 Å². The Bertz CT molecular complexity index is 786. The van der Waals surface area contributed by atoms with Crippen LogP contribution in [-0.4, -0.2) is 13.2 Å². The highest BCUT2D eigenvalue weighted by Crippen LogP contribution is 2.68. The van der Waals surface area contributed by atoms with Crippen LogP contribution < -0.4 is 0 Å². The van der Waals surface area contributed by atoms with E-state index >= 15 is 0 Å². The average Bonchev–Trinajstić information content (AvgIpc) is 2.88. The molecule has 0 saturated carbocycles. The number of hydrogen-bond acceptors (Lipinski definition) is 3. The second-order valence-corrected chi connectivity index (χ2v) is 7.90. The first-order valence-corrected chi connectivity index (χ1v) is 9.97. The maximum atomic E-state index is 13.5. The van der Waals surface area contributed by atoms with E-state index in [1.165, 1.54) is 0 Å². The first-order chi connectivity index (χ1) is 11.6. The quantitative estimate of drug-likeness (QED) is 0.620. The number of fused-ring (bicyclic) bond motifs is 1. The van der Waals surface area contributed by atoms with Crippen LogP contribution in [0.25, 0.3) is 5.57 Å². The lowest BCUT2D eigenvalue weighted by atomic mass is 9.98. The Balaban J connectivity index is 2.20. The van der Waals surface area contributed by atoms with Gasteiger partial charge in [0.05, 0.1) is 13.2 Å². The lowest BCUT2D eigenvalue weighted by Gasteiger charge is -2.25. The minimum atomic E-state index is -3.27. The van der Waals surface area contributed by atoms with Gasteiger partial charge in [0.15, 0.2) is 0 Å². The zero-order valence-electron chi connectivity index (χ0n) is 14.4. The van der Waals surface area contributed by atoms with Crippen molar-refractivity contribution in [1.82, 2.24) is 0 Å². The van der Waals surface area contributed by atoms with E-state index in [0.717, 1.165) is 27.8 Å². The zero-order chi connectivity index (χ0) is 17.2. The van der Waals surface area contributed by atoms with Crippen molar-refractivity contribution in [2.75, 3.05) is 13.2 Å². The minimum absolute atomic E-state index is 0.344. The van der Waals surface area contributed by atoms with Crippen molar-refractivity contribution in [2.45, 2.75) is 26.4 Å². The molecule has 3 rings (SSSR count). The number of benzene rings is 2. The highest BCUT2D eigenvalue weighted by Gasteiger charge is 2.44. The van der Waals surface area contributed by atoms with Gasteiger partial charge < -0.3 is 9.05 Å². The van der Waals surface area contributed by atoms with Crippen LogP contribution >= 0.6 is 7.60 Å². The maximum Gasteiger partial charge on any atom is 0.342 e. The van der Waals surface area contributed by atoms with E-state index in [2.05, 4.69) is 18.2 Å². The van der Waals surface area contributed by atoms with Crippen molar-refractivity contribution in [3.63, 3.8) is 0 Å². The molecule has 0 radical (unpaired) electrons. The Morgan fingerprint density at radius 3 is 2.12 bits per heavy atom. The van der Waals surface area contributed by atoms with Gasteiger partial charge in [0, 0.05) is 0 Å². The first-order valence-electron chi connectivity index (χ1n) is 8.36. The molecule has 1 aliphatic carbocycles. The third-order valence-corrected chi connectivity index (χ3v) is 6.86. The summed E-state index contributed by atoms with van der Waals surface area (Å²) in [6.07, 6.45) is 0. The standard InChI is InChI=1S/C20H23O3P/c1-4-22-24(21,23-5-2)20-15(3)19(16-11-7-6-8-12-16)17-13-9-10-14-18(17)20/h6-14,20H,4-5H2,1-3H3. The van der Waals surface area contributed by atoms with Crippen molar-refractivity contribution in [3.8, 4) is 0 Å². The van der Waals surface area contributed by atoms with E-state index in [4.69, 9.17) is 9.05 Å². The van der Waals surface area contributed by atoms with Crippen LogP contribution in [0.15, 0.2) is 60.2 Å². The molecule has 0 aromatic heterocycles. The Morgan fingerprint density at radius 2 is 1.50 bits per heavy atom. The molecule has 0 heterocycles. The molecule has 3 nitrogen and oxygen atoms in total. The molecule has 0 fully saturated rings. The summed E-state index contributed by atoms with van der Waals surface area (Å²) in [7, 11) is -3.27. The van der Waals surface area contributed by atoms with E-state index in [-0.39, 0.29) is 5.66 Å². The molecule has 126 valence electrons. The SMILES string of the molecule is CCOP(=O)(OCC)C1C(C)=C(c2ccccc2)c2ccccc21. The summed E-state index contributed by atoms with van der Waals surface area (Å²) in [4.78, 5) is 0. The van der Waals surface area contributed by atoms with Gasteiger partial charge in [0.1, 0.15) is 5.66 Å². The third kappa shape index (κ3) is 2.88. The first kappa shape index (κ1) is 17.2. The molecule has 0 N–H and O–H groups in total. The average molecular weight is 342 g/mol. The Labute approximate surface area is 143 Å². The lowest BCUT2D eigenvalue weighted by molar-refractivity contribution is 0.215. The summed E-state index contributed by atoms with van der Waals surface area (Å²) < 4.78 is 24.8. The molecule has 4 heteroatoms. The molecule has 24 heavy (non-hydrogen) atoms. The Morgan fingerprint density at radius 1 is 0.917 bits per heavy atom. The number of rotatable bonds is 6. The second-order valence-electron chi connectivity index (χ2n) is 5.79. The van der Waals surface area contributed by atoms with Gasteiger partial charge in [0.2, 0.25) is 0 Å². The van der Waals surface area contributed by atoms with Crippen molar-refractivity contribution < 1.29 is 13.6 Å². The van der Waals surface area contributed by atoms with Crippen molar-refractivity contribution >= 4 is 13.2 Å².